The van der Waals surface area contributed by atoms with Gasteiger partial charge in [-0.3, -0.25) is 14.3 Å². The van der Waals surface area contributed by atoms with E-state index in [0.717, 1.165) is 33.5 Å². The van der Waals surface area contributed by atoms with E-state index in [9.17, 15) is 9.59 Å². The monoisotopic (exact) mass is 483 g/mol. The van der Waals surface area contributed by atoms with Gasteiger partial charge in [-0.05, 0) is 53.7 Å². The highest BCUT2D eigenvalue weighted by molar-refractivity contribution is 9.10. The number of nitrogens with zero attached hydrogens (tertiary/aromatic N) is 3. The zero-order chi connectivity index (χ0) is 22.5. The molecule has 162 valence electrons. The highest BCUT2D eigenvalue weighted by atomic mass is 79.9. The number of aromatic nitrogens is 3. The van der Waals surface area contributed by atoms with Gasteiger partial charge < -0.3 is 10.6 Å². The number of allylic oxidation sites excluding steroid dienone is 3. The van der Waals surface area contributed by atoms with E-state index in [-0.39, 0.29) is 17.1 Å². The van der Waals surface area contributed by atoms with Gasteiger partial charge in [0.2, 0.25) is 0 Å². The van der Waals surface area contributed by atoms with Crippen molar-refractivity contribution in [2.24, 2.45) is 12.5 Å². The van der Waals surface area contributed by atoms with Crippen LogP contribution >= 0.6 is 15.9 Å². The van der Waals surface area contributed by atoms with Crippen molar-refractivity contribution in [2.75, 3.05) is 5.32 Å². The molecule has 2 aliphatic rings. The van der Waals surface area contributed by atoms with Crippen molar-refractivity contribution >= 4 is 33.4 Å². The molecule has 0 radical (unpaired) electrons. The highest BCUT2D eigenvalue weighted by Crippen LogP contribution is 2.47. The molecular formula is C23H26BrN5O2. The summed E-state index contributed by atoms with van der Waals surface area (Å²) in [5.74, 6) is -0.223. The number of Topliss-reactive ketones (excluding diaryl/α,β-unsaturated/α-hetero) is 1. The third-order valence-corrected chi connectivity index (χ3v) is 6.28. The van der Waals surface area contributed by atoms with Gasteiger partial charge in [0.1, 0.15) is 5.82 Å². The number of nitrogens with one attached hydrogen (secondary N) is 2. The second-order valence-electron chi connectivity index (χ2n) is 9.09. The maximum absolute atomic E-state index is 13.5. The van der Waals surface area contributed by atoms with Crippen molar-refractivity contribution in [3.05, 3.63) is 62.8 Å². The standard InChI is InChI=1S/C23H26BrN5O2/c1-12-15(11-29(5)28-12)20-19(22(31)27-18-7-6-14(24)10-25-18)13(2)26-16-8-23(3,4)9-17(30)21(16)20/h6-7,10-11,20,26H,8-9H2,1-5H3,(H,25,27,31)/t20-/m0/s1. The van der Waals surface area contributed by atoms with Crippen LogP contribution in [0.3, 0.4) is 0 Å². The van der Waals surface area contributed by atoms with E-state index in [1.165, 1.54) is 0 Å². The number of amides is 1. The molecule has 4 rings (SSSR count). The van der Waals surface area contributed by atoms with Gasteiger partial charge in [0.25, 0.3) is 5.91 Å². The Morgan fingerprint density at radius 2 is 2.03 bits per heavy atom. The van der Waals surface area contributed by atoms with Crippen LogP contribution in [0.15, 0.2) is 51.5 Å². The lowest BCUT2D eigenvalue weighted by molar-refractivity contribution is -0.118. The fraction of sp³-hybridized carbons (Fsp3) is 0.391. The average Bonchev–Trinajstić information content (AvgIpc) is 2.99. The zero-order valence-electron chi connectivity index (χ0n) is 18.3. The molecule has 1 aliphatic carbocycles. The molecule has 0 fully saturated rings. The predicted molar refractivity (Wildman–Crippen MR) is 122 cm³/mol. The lowest BCUT2D eigenvalue weighted by atomic mass is 9.68. The van der Waals surface area contributed by atoms with Crippen LogP contribution in [0, 0.1) is 12.3 Å². The Balaban J connectivity index is 1.81. The van der Waals surface area contributed by atoms with E-state index in [0.29, 0.717) is 23.4 Å². The number of pyridine rings is 1. The van der Waals surface area contributed by atoms with Gasteiger partial charge in [-0.1, -0.05) is 13.8 Å². The molecule has 2 aromatic heterocycles. The Kier molecular flexibility index (Phi) is 5.37. The molecule has 1 aliphatic heterocycles. The molecule has 7 nitrogen and oxygen atoms in total. The molecule has 1 amide bonds. The molecule has 2 N–H and O–H groups in total. The second kappa shape index (κ2) is 7.75. The molecule has 0 saturated heterocycles. The van der Waals surface area contributed by atoms with E-state index in [4.69, 9.17) is 0 Å². The van der Waals surface area contributed by atoms with Gasteiger partial charge in [0.05, 0.1) is 5.69 Å². The van der Waals surface area contributed by atoms with Gasteiger partial charge in [0.15, 0.2) is 5.78 Å². The largest absolute Gasteiger partial charge is 0.362 e. The fourth-order valence-electron chi connectivity index (χ4n) is 4.58. The topological polar surface area (TPSA) is 88.9 Å². The van der Waals surface area contributed by atoms with Crippen molar-refractivity contribution in [1.82, 2.24) is 20.1 Å². The SMILES string of the molecule is CC1=C(C(=O)Nc2ccc(Br)cn2)[C@H](c2cn(C)nc2C)C2=C(CC(C)(C)CC2=O)N1. The Labute approximate surface area is 190 Å². The van der Waals surface area contributed by atoms with Crippen LogP contribution in [-0.4, -0.2) is 26.5 Å². The Morgan fingerprint density at radius 3 is 2.65 bits per heavy atom. The van der Waals surface area contributed by atoms with E-state index >= 15 is 0 Å². The van der Waals surface area contributed by atoms with Crippen LogP contribution in [0.4, 0.5) is 5.82 Å². The summed E-state index contributed by atoms with van der Waals surface area (Å²) >= 11 is 3.35. The lowest BCUT2D eigenvalue weighted by Crippen LogP contribution is -2.39. The minimum atomic E-state index is -0.469. The highest BCUT2D eigenvalue weighted by Gasteiger charge is 2.43. The number of hydrogen-bond acceptors (Lipinski definition) is 5. The molecule has 31 heavy (non-hydrogen) atoms. The van der Waals surface area contributed by atoms with Crippen molar-refractivity contribution in [2.45, 2.75) is 46.5 Å². The molecule has 1 atom stereocenters. The van der Waals surface area contributed by atoms with E-state index in [1.807, 2.05) is 33.2 Å². The number of rotatable bonds is 3. The minimum Gasteiger partial charge on any atom is -0.362 e. The maximum Gasteiger partial charge on any atom is 0.255 e. The van der Waals surface area contributed by atoms with Crippen molar-refractivity contribution < 1.29 is 9.59 Å². The average molecular weight is 484 g/mol. The zero-order valence-corrected chi connectivity index (χ0v) is 19.9. The summed E-state index contributed by atoms with van der Waals surface area (Å²) in [6.07, 6.45) is 4.74. The summed E-state index contributed by atoms with van der Waals surface area (Å²) in [5.41, 5.74) is 4.40. The fourth-order valence-corrected chi connectivity index (χ4v) is 4.82. The first-order valence-electron chi connectivity index (χ1n) is 10.2. The number of dihydropyridines is 1. The third kappa shape index (κ3) is 4.08. The molecule has 3 heterocycles. The van der Waals surface area contributed by atoms with Crippen LogP contribution in [0.1, 0.15) is 50.8 Å². The molecule has 2 aromatic rings. The molecular weight excluding hydrogens is 458 g/mol. The van der Waals surface area contributed by atoms with Crippen LogP contribution in [-0.2, 0) is 16.6 Å². The Bertz CT molecular complexity index is 1140. The maximum atomic E-state index is 13.5. The van der Waals surface area contributed by atoms with Gasteiger partial charge >= 0.3 is 0 Å². The number of anilines is 1. The molecule has 0 saturated carbocycles. The first kappa shape index (κ1) is 21.5. The van der Waals surface area contributed by atoms with E-state index in [1.54, 1.807) is 16.9 Å². The van der Waals surface area contributed by atoms with E-state index in [2.05, 4.69) is 50.5 Å². The van der Waals surface area contributed by atoms with Gasteiger partial charge in [-0.2, -0.15) is 5.10 Å². The summed E-state index contributed by atoms with van der Waals surface area (Å²) in [6.45, 7) is 8.00. The normalized spacial score (nSPS) is 20.5. The summed E-state index contributed by atoms with van der Waals surface area (Å²) in [6, 6.07) is 3.55. The van der Waals surface area contributed by atoms with Crippen molar-refractivity contribution in [3.8, 4) is 0 Å². The molecule has 8 heteroatoms. The number of hydrogen-bond donors (Lipinski definition) is 2. The molecule has 0 aromatic carbocycles. The number of carbonyl (C=O) groups is 2. The van der Waals surface area contributed by atoms with Gasteiger partial charge in [-0.15, -0.1) is 0 Å². The minimum absolute atomic E-state index is 0.0755. The first-order valence-corrected chi connectivity index (χ1v) is 11.0. The van der Waals surface area contributed by atoms with Gasteiger partial charge in [0, 0.05) is 64.4 Å². The predicted octanol–water partition coefficient (Wildman–Crippen LogP) is 4.13. The number of halogens is 1. The van der Waals surface area contributed by atoms with Crippen LogP contribution < -0.4 is 10.6 Å². The quantitative estimate of drug-likeness (QED) is 0.684. The van der Waals surface area contributed by atoms with Crippen LogP contribution in [0.2, 0.25) is 0 Å². The van der Waals surface area contributed by atoms with Crippen molar-refractivity contribution in [1.29, 1.82) is 0 Å². The summed E-state index contributed by atoms with van der Waals surface area (Å²) in [7, 11) is 1.85. The molecule has 0 spiro atoms. The molecule has 0 bridgehead atoms. The first-order chi connectivity index (χ1) is 14.6. The Hall–Kier alpha value is -2.74. The summed E-state index contributed by atoms with van der Waals surface area (Å²) in [4.78, 5) is 31.0. The summed E-state index contributed by atoms with van der Waals surface area (Å²) < 4.78 is 2.56. The molecule has 0 unspecified atom stereocenters. The van der Waals surface area contributed by atoms with Crippen LogP contribution in [0.5, 0.6) is 0 Å². The number of ketones is 1. The van der Waals surface area contributed by atoms with Crippen LogP contribution in [0.25, 0.3) is 0 Å². The number of aryl methyl sites for hydroxylation is 2. The third-order valence-electron chi connectivity index (χ3n) is 5.82. The smallest absolute Gasteiger partial charge is 0.255 e. The second-order valence-corrected chi connectivity index (χ2v) is 10.0. The van der Waals surface area contributed by atoms with Crippen molar-refractivity contribution in [3.63, 3.8) is 0 Å². The van der Waals surface area contributed by atoms with Gasteiger partial charge in [-0.25, -0.2) is 4.98 Å². The van der Waals surface area contributed by atoms with E-state index < -0.39 is 5.92 Å². The summed E-state index contributed by atoms with van der Waals surface area (Å²) in [5, 5.41) is 10.8. The Morgan fingerprint density at radius 1 is 1.29 bits per heavy atom. The number of carbonyl (C=O) groups excluding carboxylic acids is 2. The lowest BCUT2D eigenvalue weighted by Gasteiger charge is -2.39.